The van der Waals surface area contributed by atoms with Crippen molar-refractivity contribution in [2.45, 2.75) is 18.4 Å². The average molecular weight is 354 g/mol. The summed E-state index contributed by atoms with van der Waals surface area (Å²) >= 11 is 0. The number of rotatable bonds is 3. The highest BCUT2D eigenvalue weighted by molar-refractivity contribution is 5.73. The van der Waals surface area contributed by atoms with E-state index in [4.69, 9.17) is 5.11 Å². The Labute approximate surface area is 140 Å². The summed E-state index contributed by atoms with van der Waals surface area (Å²) in [7, 11) is 0. The minimum Gasteiger partial charge on any atom is -0.479 e. The van der Waals surface area contributed by atoms with Gasteiger partial charge in [0, 0.05) is 12.4 Å². The Balaban J connectivity index is 1.90. The van der Waals surface area contributed by atoms with Gasteiger partial charge >= 0.3 is 12.1 Å². The van der Waals surface area contributed by atoms with Crippen molar-refractivity contribution in [3.63, 3.8) is 0 Å². The van der Waals surface area contributed by atoms with E-state index in [1.54, 1.807) is 24.4 Å². The second-order valence-electron chi connectivity index (χ2n) is 5.35. The number of ether oxygens (including phenoxy) is 1. The van der Waals surface area contributed by atoms with Crippen molar-refractivity contribution in [1.29, 1.82) is 0 Å². The fraction of sp³-hybridized carbons (Fsp3) is 0.333. The number of hydrogen-bond acceptors (Lipinski definition) is 6. The fourth-order valence-electron chi connectivity index (χ4n) is 2.41. The van der Waals surface area contributed by atoms with Gasteiger partial charge in [-0.05, 0) is 18.2 Å². The lowest BCUT2D eigenvalue weighted by Gasteiger charge is -2.37. The first-order chi connectivity index (χ1) is 11.8. The number of carbonyl (C=O) groups is 1. The molecule has 1 aliphatic heterocycles. The van der Waals surface area contributed by atoms with Crippen molar-refractivity contribution in [2.75, 3.05) is 18.0 Å². The molecule has 0 aliphatic carbocycles. The summed E-state index contributed by atoms with van der Waals surface area (Å²) < 4.78 is 43.7. The first kappa shape index (κ1) is 17.1. The van der Waals surface area contributed by atoms with E-state index in [9.17, 15) is 18.0 Å². The van der Waals surface area contributed by atoms with Crippen molar-refractivity contribution in [3.8, 4) is 11.5 Å². The molecular formula is C15H13F3N4O3. The Kier molecular flexibility index (Phi) is 4.53. The highest BCUT2D eigenvalue weighted by atomic mass is 19.4. The van der Waals surface area contributed by atoms with Gasteiger partial charge in [-0.2, -0.15) is 13.2 Å². The third-order valence-electron chi connectivity index (χ3n) is 3.60. The molecule has 1 fully saturated rings. The number of pyridine rings is 1. The van der Waals surface area contributed by atoms with Crippen LogP contribution in [0.1, 0.15) is 0 Å². The number of anilines is 1. The van der Waals surface area contributed by atoms with Gasteiger partial charge in [0.05, 0.1) is 13.1 Å². The summed E-state index contributed by atoms with van der Waals surface area (Å²) in [6, 6.07) is 6.52. The van der Waals surface area contributed by atoms with Crippen molar-refractivity contribution < 1.29 is 27.8 Å². The monoisotopic (exact) mass is 354 g/mol. The predicted molar refractivity (Wildman–Crippen MR) is 79.8 cm³/mol. The molecule has 3 heterocycles. The summed E-state index contributed by atoms with van der Waals surface area (Å²) in [5.41, 5.74) is 0.458. The smallest absolute Gasteiger partial charge is 0.416 e. The van der Waals surface area contributed by atoms with E-state index in [0.29, 0.717) is 5.69 Å². The van der Waals surface area contributed by atoms with E-state index in [-0.39, 0.29) is 18.2 Å². The SMILES string of the molecule is O=C(O)C1CN(c2ccnc(-c3ccccn3)n2)CC(C(F)(F)F)O1. The topological polar surface area (TPSA) is 88.4 Å². The van der Waals surface area contributed by atoms with Crippen molar-refractivity contribution in [1.82, 2.24) is 15.0 Å². The Morgan fingerprint density at radius 1 is 1.20 bits per heavy atom. The number of nitrogens with zero attached hydrogens (tertiary/aromatic N) is 4. The van der Waals surface area contributed by atoms with Crippen molar-refractivity contribution in [3.05, 3.63) is 36.7 Å². The summed E-state index contributed by atoms with van der Waals surface area (Å²) in [6.07, 6.45) is -5.56. The van der Waals surface area contributed by atoms with Crippen LogP contribution >= 0.6 is 0 Å². The van der Waals surface area contributed by atoms with Gasteiger partial charge in [0.15, 0.2) is 18.0 Å². The molecule has 0 amide bonds. The van der Waals surface area contributed by atoms with Gasteiger partial charge in [0.1, 0.15) is 11.5 Å². The number of aliphatic carboxylic acids is 1. The van der Waals surface area contributed by atoms with Crippen LogP contribution in [0.5, 0.6) is 0 Å². The summed E-state index contributed by atoms with van der Waals surface area (Å²) in [5.74, 6) is -1.04. The molecule has 1 aliphatic rings. The molecule has 1 N–H and O–H groups in total. The number of morpholine rings is 1. The van der Waals surface area contributed by atoms with Crippen LogP contribution in [0, 0.1) is 0 Å². The summed E-state index contributed by atoms with van der Waals surface area (Å²) in [5, 5.41) is 9.06. The second-order valence-corrected chi connectivity index (χ2v) is 5.35. The number of alkyl halides is 3. The lowest BCUT2D eigenvalue weighted by Crippen LogP contribution is -2.55. The van der Waals surface area contributed by atoms with Crippen LogP contribution in [0.25, 0.3) is 11.5 Å². The Morgan fingerprint density at radius 3 is 2.64 bits per heavy atom. The maximum absolute atomic E-state index is 13.0. The number of aromatic nitrogens is 3. The standard InChI is InChI=1S/C15H13F3N4O3/c16-15(17,18)11-8-22(7-10(25-11)14(23)24)12-4-6-20-13(21-12)9-3-1-2-5-19-9/h1-6,10-11H,7-8H2,(H,23,24). The van der Waals surface area contributed by atoms with Gasteiger partial charge in [-0.25, -0.2) is 14.8 Å². The van der Waals surface area contributed by atoms with Crippen LogP contribution in [0.15, 0.2) is 36.7 Å². The quantitative estimate of drug-likeness (QED) is 0.898. The normalized spacial score (nSPS) is 21.2. The summed E-state index contributed by atoms with van der Waals surface area (Å²) in [6.45, 7) is -0.799. The molecule has 10 heteroatoms. The van der Waals surface area contributed by atoms with E-state index in [1.165, 1.54) is 17.2 Å². The van der Waals surface area contributed by atoms with Crippen LogP contribution in [0.4, 0.5) is 19.0 Å². The zero-order valence-electron chi connectivity index (χ0n) is 12.7. The summed E-state index contributed by atoms with van der Waals surface area (Å²) in [4.78, 5) is 24.7. The van der Waals surface area contributed by atoms with Gasteiger partial charge in [-0.1, -0.05) is 6.07 Å². The number of carboxylic acid groups (broad SMARTS) is 1. The minimum absolute atomic E-state index is 0.180. The molecule has 0 saturated carbocycles. The van der Waals surface area contributed by atoms with E-state index < -0.39 is 30.9 Å². The number of carboxylic acids is 1. The maximum atomic E-state index is 13.0. The lowest BCUT2D eigenvalue weighted by molar-refractivity contribution is -0.237. The first-order valence-corrected chi connectivity index (χ1v) is 7.29. The van der Waals surface area contributed by atoms with Crippen LogP contribution in [0.2, 0.25) is 0 Å². The minimum atomic E-state index is -4.68. The molecule has 0 spiro atoms. The molecule has 2 atom stereocenters. The van der Waals surface area contributed by atoms with Gasteiger partial charge < -0.3 is 14.7 Å². The van der Waals surface area contributed by atoms with Gasteiger partial charge in [0.2, 0.25) is 0 Å². The van der Waals surface area contributed by atoms with E-state index in [2.05, 4.69) is 19.7 Å². The molecule has 2 aromatic heterocycles. The predicted octanol–water partition coefficient (Wildman–Crippen LogP) is 1.76. The highest BCUT2D eigenvalue weighted by Gasteiger charge is 2.47. The molecule has 0 radical (unpaired) electrons. The molecule has 3 rings (SSSR count). The molecule has 25 heavy (non-hydrogen) atoms. The molecule has 132 valence electrons. The van der Waals surface area contributed by atoms with Gasteiger partial charge in [-0.3, -0.25) is 4.98 Å². The largest absolute Gasteiger partial charge is 0.479 e. The average Bonchev–Trinajstić information content (AvgIpc) is 2.61. The molecule has 2 unspecified atom stereocenters. The number of hydrogen-bond donors (Lipinski definition) is 1. The van der Waals surface area contributed by atoms with Gasteiger partial charge in [-0.15, -0.1) is 0 Å². The molecule has 2 aromatic rings. The molecule has 1 saturated heterocycles. The van der Waals surface area contributed by atoms with Crippen LogP contribution < -0.4 is 4.90 Å². The van der Waals surface area contributed by atoms with E-state index >= 15 is 0 Å². The van der Waals surface area contributed by atoms with E-state index in [0.717, 1.165) is 0 Å². The molecule has 7 nitrogen and oxygen atoms in total. The molecular weight excluding hydrogens is 341 g/mol. The number of halogens is 3. The molecule has 0 bridgehead atoms. The second kappa shape index (κ2) is 6.63. The zero-order valence-corrected chi connectivity index (χ0v) is 12.7. The highest BCUT2D eigenvalue weighted by Crippen LogP contribution is 2.30. The van der Waals surface area contributed by atoms with Crippen molar-refractivity contribution >= 4 is 11.8 Å². The maximum Gasteiger partial charge on any atom is 0.416 e. The lowest BCUT2D eigenvalue weighted by atomic mass is 10.2. The molecule has 0 aromatic carbocycles. The van der Waals surface area contributed by atoms with Crippen molar-refractivity contribution in [2.24, 2.45) is 0 Å². The Hall–Kier alpha value is -2.75. The van der Waals surface area contributed by atoms with Crippen LogP contribution in [-0.2, 0) is 9.53 Å². The third-order valence-corrected chi connectivity index (χ3v) is 3.60. The Morgan fingerprint density at radius 2 is 2.00 bits per heavy atom. The van der Waals surface area contributed by atoms with E-state index in [1.807, 2.05) is 0 Å². The third kappa shape index (κ3) is 3.85. The van der Waals surface area contributed by atoms with Crippen LogP contribution in [-0.4, -0.2) is 57.5 Å². The van der Waals surface area contributed by atoms with Crippen LogP contribution in [0.3, 0.4) is 0 Å². The first-order valence-electron chi connectivity index (χ1n) is 7.29. The zero-order chi connectivity index (χ0) is 18.0. The van der Waals surface area contributed by atoms with Gasteiger partial charge in [0.25, 0.3) is 0 Å². The fourth-order valence-corrected chi connectivity index (χ4v) is 2.41. The Bertz CT molecular complexity index is 757.